The van der Waals surface area contributed by atoms with Crippen molar-refractivity contribution in [1.82, 2.24) is 5.01 Å². The number of aliphatic hydroxyl groups excluding tert-OH is 1. The molecule has 2 amide bonds. The number of hydrogen-bond acceptors (Lipinski definition) is 6. The smallest absolute Gasteiger partial charge is 0.273 e. The van der Waals surface area contributed by atoms with Crippen molar-refractivity contribution in [3.8, 4) is 0 Å². The molecule has 1 rings (SSSR count). The van der Waals surface area contributed by atoms with E-state index in [0.717, 1.165) is 31.4 Å². The molecule has 0 aromatic rings. The van der Waals surface area contributed by atoms with Crippen LogP contribution in [0.3, 0.4) is 0 Å². The Morgan fingerprint density at radius 2 is 1.91 bits per heavy atom. The van der Waals surface area contributed by atoms with Crippen molar-refractivity contribution in [3.63, 3.8) is 0 Å². The lowest BCUT2D eigenvalue weighted by Crippen LogP contribution is -2.53. The number of imide groups is 1. The van der Waals surface area contributed by atoms with Crippen molar-refractivity contribution in [2.75, 3.05) is 5.75 Å². The van der Waals surface area contributed by atoms with Crippen LogP contribution in [-0.2, 0) is 9.59 Å². The largest absolute Gasteiger partial charge is 0.382 e. The highest BCUT2D eigenvalue weighted by molar-refractivity contribution is 7.99. The minimum atomic E-state index is -1.43. The molecular formula is C15H29N3O3S. The van der Waals surface area contributed by atoms with Crippen LogP contribution < -0.4 is 11.6 Å². The molecule has 6 nitrogen and oxygen atoms in total. The summed E-state index contributed by atoms with van der Waals surface area (Å²) in [4.78, 5) is 24.0. The fourth-order valence-corrected chi connectivity index (χ4v) is 3.49. The van der Waals surface area contributed by atoms with Gasteiger partial charge in [0.25, 0.3) is 5.91 Å². The average Bonchev–Trinajstić information content (AvgIpc) is 2.97. The zero-order valence-electron chi connectivity index (χ0n) is 13.5. The Labute approximate surface area is 136 Å². The van der Waals surface area contributed by atoms with Gasteiger partial charge in [-0.15, -0.1) is 0 Å². The van der Waals surface area contributed by atoms with Gasteiger partial charge in [0.1, 0.15) is 6.10 Å². The van der Waals surface area contributed by atoms with Crippen LogP contribution in [0.4, 0.5) is 0 Å². The molecule has 0 aliphatic heterocycles. The minimum Gasteiger partial charge on any atom is -0.382 e. The maximum absolute atomic E-state index is 12.0. The molecule has 7 heteroatoms. The summed E-state index contributed by atoms with van der Waals surface area (Å²) in [6.07, 6.45) is 3.60. The summed E-state index contributed by atoms with van der Waals surface area (Å²) in [7, 11) is 0. The van der Waals surface area contributed by atoms with Crippen molar-refractivity contribution in [1.29, 1.82) is 0 Å². The predicted molar refractivity (Wildman–Crippen MR) is 88.8 cm³/mol. The van der Waals surface area contributed by atoms with Crippen LogP contribution in [0, 0.1) is 5.92 Å². The second kappa shape index (κ2) is 9.50. The van der Waals surface area contributed by atoms with Gasteiger partial charge in [-0.25, -0.2) is 10.9 Å². The van der Waals surface area contributed by atoms with Gasteiger partial charge in [-0.1, -0.05) is 26.7 Å². The monoisotopic (exact) mass is 331 g/mol. The molecule has 0 bridgehead atoms. The highest BCUT2D eigenvalue weighted by Gasteiger charge is 2.31. The molecule has 1 unspecified atom stereocenters. The fourth-order valence-electron chi connectivity index (χ4n) is 2.61. The first-order valence-electron chi connectivity index (χ1n) is 7.99. The highest BCUT2D eigenvalue weighted by atomic mass is 32.2. The zero-order chi connectivity index (χ0) is 16.7. The maximum Gasteiger partial charge on any atom is 0.273 e. The molecule has 128 valence electrons. The van der Waals surface area contributed by atoms with E-state index in [-0.39, 0.29) is 6.42 Å². The van der Waals surface area contributed by atoms with E-state index in [1.807, 2.05) is 0 Å². The summed E-state index contributed by atoms with van der Waals surface area (Å²) >= 11 is 1.71. The standard InChI is InChI=1S/C15H29N3O3S/c1-10(2)22-8-7-12(16)14(20)15(21)18(17)13(19)9-11-5-3-4-6-11/h10-12,14,20H,3-9,16-17H2,1-2H3/t12-,14?/m1/s1. The molecule has 1 aliphatic rings. The van der Waals surface area contributed by atoms with E-state index in [1.165, 1.54) is 0 Å². The van der Waals surface area contributed by atoms with Crippen LogP contribution in [0.1, 0.15) is 52.4 Å². The number of hydrogen-bond donors (Lipinski definition) is 3. The molecule has 5 N–H and O–H groups in total. The lowest BCUT2D eigenvalue weighted by molar-refractivity contribution is -0.152. The SMILES string of the molecule is CC(C)SCC[C@@H](N)C(O)C(=O)N(N)C(=O)CC1CCCC1. The molecule has 0 aromatic carbocycles. The van der Waals surface area contributed by atoms with Crippen molar-refractivity contribution < 1.29 is 14.7 Å². The van der Waals surface area contributed by atoms with Gasteiger partial charge in [0, 0.05) is 12.5 Å². The molecule has 1 fully saturated rings. The van der Waals surface area contributed by atoms with E-state index in [2.05, 4.69) is 13.8 Å². The first-order chi connectivity index (χ1) is 10.3. The Morgan fingerprint density at radius 3 is 2.45 bits per heavy atom. The topological polar surface area (TPSA) is 110 Å². The number of nitrogens with two attached hydrogens (primary N) is 2. The Balaban J connectivity index is 2.40. The molecule has 0 saturated heterocycles. The lowest BCUT2D eigenvalue weighted by Gasteiger charge is -2.23. The Morgan fingerprint density at radius 1 is 1.32 bits per heavy atom. The second-order valence-electron chi connectivity index (χ2n) is 6.27. The third-order valence-corrected chi connectivity index (χ3v) is 5.14. The number of aliphatic hydroxyl groups is 1. The molecule has 0 spiro atoms. The molecule has 1 aliphatic carbocycles. The molecule has 0 radical (unpaired) electrons. The normalized spacial score (nSPS) is 18.5. The van der Waals surface area contributed by atoms with Gasteiger partial charge in [0.2, 0.25) is 5.91 Å². The third kappa shape index (κ3) is 6.24. The van der Waals surface area contributed by atoms with Crippen LogP contribution in [0.5, 0.6) is 0 Å². The third-order valence-electron chi connectivity index (χ3n) is 4.01. The van der Waals surface area contributed by atoms with Gasteiger partial charge in [0.05, 0.1) is 0 Å². The summed E-state index contributed by atoms with van der Waals surface area (Å²) in [6, 6.07) is -0.705. The van der Waals surface area contributed by atoms with Crippen molar-refractivity contribution >= 4 is 23.6 Å². The van der Waals surface area contributed by atoms with Crippen molar-refractivity contribution in [2.24, 2.45) is 17.5 Å². The number of carbonyl (C=O) groups is 2. The molecular weight excluding hydrogens is 302 g/mol. The van der Waals surface area contributed by atoms with E-state index in [9.17, 15) is 14.7 Å². The predicted octanol–water partition coefficient (Wildman–Crippen LogP) is 1.02. The van der Waals surface area contributed by atoms with Gasteiger partial charge in [-0.3, -0.25) is 9.59 Å². The van der Waals surface area contributed by atoms with Gasteiger partial charge in [-0.2, -0.15) is 11.8 Å². The van der Waals surface area contributed by atoms with Gasteiger partial charge >= 0.3 is 0 Å². The number of amides is 2. The van der Waals surface area contributed by atoms with E-state index < -0.39 is 24.0 Å². The quantitative estimate of drug-likeness (QED) is 0.348. The summed E-state index contributed by atoms with van der Waals surface area (Å²) in [5.74, 6) is 5.40. The maximum atomic E-state index is 12.0. The van der Waals surface area contributed by atoms with Crippen LogP contribution in [-0.4, -0.2) is 45.1 Å². The first-order valence-corrected chi connectivity index (χ1v) is 9.04. The van der Waals surface area contributed by atoms with Crippen LogP contribution in [0.2, 0.25) is 0 Å². The summed E-state index contributed by atoms with van der Waals surface area (Å²) in [5.41, 5.74) is 5.83. The van der Waals surface area contributed by atoms with E-state index in [0.29, 0.717) is 22.6 Å². The second-order valence-corrected chi connectivity index (χ2v) is 7.96. The molecule has 22 heavy (non-hydrogen) atoms. The van der Waals surface area contributed by atoms with E-state index in [4.69, 9.17) is 11.6 Å². The van der Waals surface area contributed by atoms with Gasteiger partial charge < -0.3 is 10.8 Å². The van der Waals surface area contributed by atoms with Gasteiger partial charge in [-0.05, 0) is 36.2 Å². The number of nitrogens with zero attached hydrogens (tertiary/aromatic N) is 1. The minimum absolute atomic E-state index is 0.271. The summed E-state index contributed by atoms with van der Waals surface area (Å²) < 4.78 is 0. The Kier molecular flexibility index (Phi) is 8.38. The fraction of sp³-hybridized carbons (Fsp3) is 0.867. The molecule has 0 heterocycles. The van der Waals surface area contributed by atoms with Crippen LogP contribution in [0.15, 0.2) is 0 Å². The lowest BCUT2D eigenvalue weighted by atomic mass is 10.0. The number of carbonyl (C=O) groups excluding carboxylic acids is 2. The summed E-state index contributed by atoms with van der Waals surface area (Å²) in [6.45, 7) is 4.14. The number of hydrazine groups is 1. The van der Waals surface area contributed by atoms with Gasteiger partial charge in [0.15, 0.2) is 0 Å². The van der Waals surface area contributed by atoms with E-state index in [1.54, 1.807) is 11.8 Å². The van der Waals surface area contributed by atoms with Crippen molar-refractivity contribution in [3.05, 3.63) is 0 Å². The zero-order valence-corrected chi connectivity index (χ0v) is 14.3. The van der Waals surface area contributed by atoms with Crippen molar-refractivity contribution in [2.45, 2.75) is 69.8 Å². The van der Waals surface area contributed by atoms with E-state index >= 15 is 0 Å². The average molecular weight is 331 g/mol. The molecule has 2 atom stereocenters. The Bertz CT molecular complexity index is 373. The van der Waals surface area contributed by atoms with Crippen LogP contribution >= 0.6 is 11.8 Å². The highest BCUT2D eigenvalue weighted by Crippen LogP contribution is 2.27. The Hall–Kier alpha value is -0.630. The molecule has 1 saturated carbocycles. The molecule has 0 aromatic heterocycles. The number of rotatable bonds is 8. The number of thioether (sulfide) groups is 1. The van der Waals surface area contributed by atoms with Crippen LogP contribution in [0.25, 0.3) is 0 Å². The summed E-state index contributed by atoms with van der Waals surface area (Å²) in [5, 5.41) is 11.0. The first kappa shape index (κ1) is 19.4.